The van der Waals surface area contributed by atoms with Crippen LogP contribution in [0.25, 0.3) is 0 Å². The van der Waals surface area contributed by atoms with Crippen LogP contribution in [0.5, 0.6) is 5.75 Å². The standard InChI is InChI=1S/C12H15ClO5S/c1-2-3-4-7-18-10-6-5-9(12(14)15)8-11(10)19(13,16)17/h5-6,8H,2-4,7H2,1H3,(H,14,15). The molecule has 0 aliphatic carbocycles. The Hall–Kier alpha value is -1.27. The molecule has 0 spiro atoms. The van der Waals surface area contributed by atoms with Gasteiger partial charge in [-0.2, -0.15) is 0 Å². The monoisotopic (exact) mass is 306 g/mol. The van der Waals surface area contributed by atoms with E-state index in [1.807, 2.05) is 6.92 Å². The Bertz CT molecular complexity index is 553. The Labute approximate surface area is 116 Å². The van der Waals surface area contributed by atoms with Gasteiger partial charge in [0.25, 0.3) is 9.05 Å². The summed E-state index contributed by atoms with van der Waals surface area (Å²) in [5.41, 5.74) is -0.153. The van der Waals surface area contributed by atoms with Gasteiger partial charge in [0, 0.05) is 10.7 Å². The van der Waals surface area contributed by atoms with E-state index in [1.165, 1.54) is 12.1 Å². The summed E-state index contributed by atoms with van der Waals surface area (Å²) in [6, 6.07) is 3.59. The Balaban J connectivity index is 3.00. The Kier molecular flexibility index (Phi) is 5.62. The summed E-state index contributed by atoms with van der Waals surface area (Å²) in [4.78, 5) is 10.5. The first kappa shape index (κ1) is 15.8. The molecule has 0 aromatic heterocycles. The lowest BCUT2D eigenvalue weighted by atomic mass is 10.2. The highest BCUT2D eigenvalue weighted by molar-refractivity contribution is 8.13. The van der Waals surface area contributed by atoms with Gasteiger partial charge >= 0.3 is 5.97 Å². The highest BCUT2D eigenvalue weighted by atomic mass is 35.7. The molecule has 0 amide bonds. The van der Waals surface area contributed by atoms with Crippen molar-refractivity contribution in [1.82, 2.24) is 0 Å². The quantitative estimate of drug-likeness (QED) is 0.619. The highest BCUT2D eigenvalue weighted by Crippen LogP contribution is 2.28. The van der Waals surface area contributed by atoms with E-state index in [1.54, 1.807) is 0 Å². The van der Waals surface area contributed by atoms with Gasteiger partial charge < -0.3 is 9.84 Å². The summed E-state index contributed by atoms with van der Waals surface area (Å²) in [6.07, 6.45) is 2.77. The van der Waals surface area contributed by atoms with Crippen molar-refractivity contribution in [3.8, 4) is 5.75 Å². The number of carboxylic acid groups (broad SMARTS) is 1. The number of rotatable bonds is 7. The van der Waals surface area contributed by atoms with Crippen molar-refractivity contribution in [3.63, 3.8) is 0 Å². The normalized spacial score (nSPS) is 11.3. The maximum Gasteiger partial charge on any atom is 0.335 e. The van der Waals surface area contributed by atoms with Gasteiger partial charge in [0.15, 0.2) is 0 Å². The summed E-state index contributed by atoms with van der Waals surface area (Å²) in [7, 11) is 1.23. The van der Waals surface area contributed by atoms with Gasteiger partial charge in [-0.1, -0.05) is 19.8 Å². The zero-order chi connectivity index (χ0) is 14.5. The second kappa shape index (κ2) is 6.77. The minimum atomic E-state index is -4.05. The molecule has 106 valence electrons. The van der Waals surface area contributed by atoms with Gasteiger partial charge in [0.1, 0.15) is 10.6 Å². The van der Waals surface area contributed by atoms with Crippen LogP contribution in [0.15, 0.2) is 23.1 Å². The van der Waals surface area contributed by atoms with Gasteiger partial charge in [-0.3, -0.25) is 0 Å². The molecule has 0 aliphatic rings. The number of carboxylic acids is 1. The van der Waals surface area contributed by atoms with Crippen molar-refractivity contribution in [3.05, 3.63) is 23.8 Å². The van der Waals surface area contributed by atoms with E-state index in [0.29, 0.717) is 6.61 Å². The minimum absolute atomic E-state index is 0.0797. The van der Waals surface area contributed by atoms with E-state index in [4.69, 9.17) is 20.5 Å². The molecule has 0 radical (unpaired) electrons. The Morgan fingerprint density at radius 3 is 2.58 bits per heavy atom. The van der Waals surface area contributed by atoms with Crippen LogP contribution < -0.4 is 4.74 Å². The molecule has 0 fully saturated rings. The number of benzene rings is 1. The predicted molar refractivity (Wildman–Crippen MR) is 71.5 cm³/mol. The van der Waals surface area contributed by atoms with Crippen LogP contribution in [-0.4, -0.2) is 26.1 Å². The zero-order valence-corrected chi connectivity index (χ0v) is 12.0. The van der Waals surface area contributed by atoms with Crippen LogP contribution in [0.3, 0.4) is 0 Å². The molecular formula is C12H15ClO5S. The predicted octanol–water partition coefficient (Wildman–Crippen LogP) is 2.88. The molecule has 0 saturated heterocycles. The first-order chi connectivity index (χ1) is 8.86. The summed E-state index contributed by atoms with van der Waals surface area (Å²) >= 11 is 0. The lowest BCUT2D eigenvalue weighted by molar-refractivity contribution is 0.0696. The first-order valence-electron chi connectivity index (χ1n) is 5.81. The van der Waals surface area contributed by atoms with Gasteiger partial charge in [-0.05, 0) is 24.6 Å². The van der Waals surface area contributed by atoms with E-state index in [9.17, 15) is 13.2 Å². The lowest BCUT2D eigenvalue weighted by Gasteiger charge is -2.10. The fourth-order valence-electron chi connectivity index (χ4n) is 1.49. The maximum atomic E-state index is 11.4. The SMILES string of the molecule is CCCCCOc1ccc(C(=O)O)cc1S(=O)(=O)Cl. The van der Waals surface area contributed by atoms with Crippen LogP contribution in [0.1, 0.15) is 36.5 Å². The number of ether oxygens (including phenoxy) is 1. The number of aromatic carboxylic acids is 1. The third-order valence-corrected chi connectivity index (χ3v) is 3.80. The van der Waals surface area contributed by atoms with Crippen molar-refractivity contribution in [1.29, 1.82) is 0 Å². The number of unbranched alkanes of at least 4 members (excludes halogenated alkanes) is 2. The number of halogens is 1. The second-order valence-corrected chi connectivity index (χ2v) is 6.49. The molecule has 0 heterocycles. The largest absolute Gasteiger partial charge is 0.492 e. The Morgan fingerprint density at radius 1 is 1.37 bits per heavy atom. The molecule has 0 saturated carbocycles. The van der Waals surface area contributed by atoms with E-state index >= 15 is 0 Å². The fraction of sp³-hybridized carbons (Fsp3) is 0.417. The van der Waals surface area contributed by atoms with E-state index < -0.39 is 15.0 Å². The zero-order valence-electron chi connectivity index (χ0n) is 10.4. The average Bonchev–Trinajstić information content (AvgIpc) is 2.33. The third-order valence-electron chi connectivity index (χ3n) is 2.46. The molecule has 0 atom stereocenters. The Morgan fingerprint density at radius 2 is 2.05 bits per heavy atom. The molecule has 19 heavy (non-hydrogen) atoms. The maximum absolute atomic E-state index is 11.4. The average molecular weight is 307 g/mol. The van der Waals surface area contributed by atoms with Crippen molar-refractivity contribution >= 4 is 25.7 Å². The van der Waals surface area contributed by atoms with Crippen LogP contribution >= 0.6 is 10.7 Å². The summed E-state index contributed by atoms with van der Waals surface area (Å²) < 4.78 is 28.2. The first-order valence-corrected chi connectivity index (χ1v) is 8.12. The molecule has 5 nitrogen and oxygen atoms in total. The van der Waals surface area contributed by atoms with Gasteiger partial charge in [0.05, 0.1) is 12.2 Å². The van der Waals surface area contributed by atoms with Crippen molar-refractivity contribution in [2.24, 2.45) is 0 Å². The summed E-state index contributed by atoms with van der Waals surface area (Å²) in [5, 5.41) is 8.83. The topological polar surface area (TPSA) is 80.7 Å². The van der Waals surface area contributed by atoms with Crippen molar-refractivity contribution in [2.45, 2.75) is 31.1 Å². The molecule has 1 N–H and O–H groups in total. The van der Waals surface area contributed by atoms with E-state index in [-0.39, 0.29) is 16.2 Å². The fourth-order valence-corrected chi connectivity index (χ4v) is 2.48. The lowest BCUT2D eigenvalue weighted by Crippen LogP contribution is -2.05. The molecule has 7 heteroatoms. The van der Waals surface area contributed by atoms with Crippen LogP contribution in [0.2, 0.25) is 0 Å². The smallest absolute Gasteiger partial charge is 0.335 e. The van der Waals surface area contributed by atoms with Crippen molar-refractivity contribution < 1.29 is 23.1 Å². The van der Waals surface area contributed by atoms with Crippen LogP contribution in [0.4, 0.5) is 0 Å². The molecule has 0 aliphatic heterocycles. The van der Waals surface area contributed by atoms with Gasteiger partial charge in [-0.15, -0.1) is 0 Å². The molecule has 0 unspecified atom stereocenters. The van der Waals surface area contributed by atoms with Gasteiger partial charge in [-0.25, -0.2) is 13.2 Å². The number of hydrogen-bond donors (Lipinski definition) is 1. The minimum Gasteiger partial charge on any atom is -0.492 e. The molecule has 1 aromatic carbocycles. The van der Waals surface area contributed by atoms with Crippen LogP contribution in [0, 0.1) is 0 Å². The summed E-state index contributed by atoms with van der Waals surface area (Å²) in [5.74, 6) is -1.14. The number of hydrogen-bond acceptors (Lipinski definition) is 4. The number of carbonyl (C=O) groups is 1. The molecule has 1 aromatic rings. The van der Waals surface area contributed by atoms with Gasteiger partial charge in [0.2, 0.25) is 0 Å². The highest BCUT2D eigenvalue weighted by Gasteiger charge is 2.19. The molecular weight excluding hydrogens is 292 g/mol. The molecule has 0 bridgehead atoms. The van der Waals surface area contributed by atoms with E-state index in [0.717, 1.165) is 25.3 Å². The van der Waals surface area contributed by atoms with Crippen LogP contribution in [-0.2, 0) is 9.05 Å². The van der Waals surface area contributed by atoms with Crippen molar-refractivity contribution in [2.75, 3.05) is 6.61 Å². The third kappa shape index (κ3) is 4.72. The molecule has 1 rings (SSSR count). The second-order valence-electron chi connectivity index (χ2n) is 3.96. The summed E-state index contributed by atoms with van der Waals surface area (Å²) in [6.45, 7) is 2.40. The van der Waals surface area contributed by atoms with E-state index in [2.05, 4.69) is 0 Å².